The van der Waals surface area contributed by atoms with Gasteiger partial charge in [-0.1, -0.05) is 28.1 Å². The van der Waals surface area contributed by atoms with Gasteiger partial charge in [-0.15, -0.1) is 0 Å². The number of nitrogens with zero attached hydrogens (tertiary/aromatic N) is 3. The molecule has 1 aliphatic heterocycles. The number of hydrogen-bond donors (Lipinski definition) is 0. The zero-order valence-corrected chi connectivity index (χ0v) is 15.3. The number of rotatable bonds is 1. The average Bonchev–Trinajstić information content (AvgIpc) is 2.97. The van der Waals surface area contributed by atoms with Crippen LogP contribution in [0.25, 0.3) is 5.52 Å². The Morgan fingerprint density at radius 1 is 1.17 bits per heavy atom. The molecule has 0 saturated carbocycles. The summed E-state index contributed by atoms with van der Waals surface area (Å²) in [5.74, 6) is -0.0181. The van der Waals surface area contributed by atoms with E-state index in [9.17, 15) is 4.79 Å². The fourth-order valence-electron chi connectivity index (χ4n) is 2.96. The minimum atomic E-state index is -0.0181. The Balaban J connectivity index is 1.64. The monoisotopic (exact) mass is 433 g/mol. The van der Waals surface area contributed by atoms with Crippen molar-refractivity contribution in [3.05, 3.63) is 68.4 Å². The Bertz CT molecular complexity index is 919. The second kappa shape index (κ2) is 5.76. The normalized spacial score (nSPS) is 14.1. The maximum atomic E-state index is 12.8. The van der Waals surface area contributed by atoms with Crippen LogP contribution < -0.4 is 0 Å². The predicted octanol–water partition coefficient (Wildman–Crippen LogP) is 4.06. The van der Waals surface area contributed by atoms with Crippen LogP contribution in [-0.2, 0) is 13.0 Å². The van der Waals surface area contributed by atoms with Crippen LogP contribution >= 0.6 is 31.9 Å². The Kier molecular flexibility index (Phi) is 3.73. The van der Waals surface area contributed by atoms with Crippen LogP contribution in [0.4, 0.5) is 0 Å². The van der Waals surface area contributed by atoms with E-state index in [-0.39, 0.29) is 5.91 Å². The third-order valence-electron chi connectivity index (χ3n) is 4.14. The van der Waals surface area contributed by atoms with Gasteiger partial charge < -0.3 is 4.90 Å². The predicted molar refractivity (Wildman–Crippen MR) is 95.5 cm³/mol. The molecule has 0 radical (unpaired) electrons. The number of amides is 1. The van der Waals surface area contributed by atoms with Crippen molar-refractivity contribution in [1.82, 2.24) is 14.5 Å². The molecular weight excluding hydrogens is 422 g/mol. The van der Waals surface area contributed by atoms with E-state index in [1.165, 1.54) is 11.1 Å². The number of aromatic nitrogens is 2. The second-order valence-corrected chi connectivity index (χ2v) is 7.37. The number of carbonyl (C=O) groups excluding carboxylic acids is 1. The van der Waals surface area contributed by atoms with E-state index >= 15 is 0 Å². The lowest BCUT2D eigenvalue weighted by Crippen LogP contribution is -2.36. The Hall–Kier alpha value is -1.66. The van der Waals surface area contributed by atoms with Gasteiger partial charge >= 0.3 is 0 Å². The molecule has 3 heterocycles. The van der Waals surface area contributed by atoms with E-state index < -0.39 is 0 Å². The van der Waals surface area contributed by atoms with Gasteiger partial charge in [0.2, 0.25) is 0 Å². The highest BCUT2D eigenvalue weighted by atomic mass is 79.9. The fourth-order valence-corrected chi connectivity index (χ4v) is 3.90. The van der Waals surface area contributed by atoms with Crippen molar-refractivity contribution in [1.29, 1.82) is 0 Å². The number of benzene rings is 1. The zero-order valence-electron chi connectivity index (χ0n) is 12.2. The van der Waals surface area contributed by atoms with Gasteiger partial charge in [0.25, 0.3) is 5.91 Å². The Morgan fingerprint density at radius 2 is 2.04 bits per heavy atom. The summed E-state index contributed by atoms with van der Waals surface area (Å²) >= 11 is 7.01. The molecule has 0 unspecified atom stereocenters. The molecule has 0 bridgehead atoms. The van der Waals surface area contributed by atoms with Gasteiger partial charge in [-0.25, -0.2) is 4.52 Å². The summed E-state index contributed by atoms with van der Waals surface area (Å²) in [6.45, 7) is 1.34. The largest absolute Gasteiger partial charge is 0.333 e. The zero-order chi connectivity index (χ0) is 16.0. The molecule has 1 aliphatic rings. The van der Waals surface area contributed by atoms with Gasteiger partial charge in [0.1, 0.15) is 0 Å². The molecule has 2 aromatic heterocycles. The minimum absolute atomic E-state index is 0.0181. The van der Waals surface area contributed by atoms with Crippen molar-refractivity contribution in [2.24, 2.45) is 0 Å². The van der Waals surface area contributed by atoms with Crippen molar-refractivity contribution in [3.63, 3.8) is 0 Å². The maximum Gasteiger partial charge on any atom is 0.274 e. The average molecular weight is 435 g/mol. The first-order valence-corrected chi connectivity index (χ1v) is 8.91. The quantitative estimate of drug-likeness (QED) is 0.579. The van der Waals surface area contributed by atoms with Gasteiger partial charge in [0, 0.05) is 28.2 Å². The van der Waals surface area contributed by atoms with Crippen LogP contribution in [0.5, 0.6) is 0 Å². The molecule has 1 amide bonds. The summed E-state index contributed by atoms with van der Waals surface area (Å²) < 4.78 is 3.79. The summed E-state index contributed by atoms with van der Waals surface area (Å²) in [5.41, 5.74) is 3.90. The molecule has 0 fully saturated rings. The van der Waals surface area contributed by atoms with E-state index in [1.54, 1.807) is 4.52 Å². The van der Waals surface area contributed by atoms with E-state index in [1.807, 2.05) is 35.4 Å². The molecule has 23 heavy (non-hydrogen) atoms. The first-order valence-electron chi connectivity index (χ1n) is 7.32. The highest BCUT2D eigenvalue weighted by Gasteiger charge is 2.24. The molecule has 116 valence electrons. The van der Waals surface area contributed by atoms with E-state index in [4.69, 9.17) is 0 Å². The summed E-state index contributed by atoms with van der Waals surface area (Å²) in [4.78, 5) is 14.6. The van der Waals surface area contributed by atoms with Crippen LogP contribution in [0.1, 0.15) is 21.6 Å². The number of carbonyl (C=O) groups is 1. The summed E-state index contributed by atoms with van der Waals surface area (Å²) in [7, 11) is 0. The van der Waals surface area contributed by atoms with Crippen molar-refractivity contribution in [3.8, 4) is 0 Å². The highest BCUT2D eigenvalue weighted by molar-refractivity contribution is 9.10. The number of fused-ring (bicyclic) bond motifs is 2. The molecule has 4 rings (SSSR count). The standard InChI is InChI=1S/C17H13Br2N3O/c18-12-4-5-13-8-16(20-22(13)10-12)17(23)21-7-6-14-11(9-21)2-1-3-15(14)19/h1-5,8,10H,6-7,9H2. The van der Waals surface area contributed by atoms with Crippen molar-refractivity contribution < 1.29 is 4.79 Å². The van der Waals surface area contributed by atoms with Crippen molar-refractivity contribution >= 4 is 43.3 Å². The molecule has 0 N–H and O–H groups in total. The summed E-state index contributed by atoms with van der Waals surface area (Å²) in [6.07, 6.45) is 2.72. The number of pyridine rings is 1. The molecular formula is C17H13Br2N3O. The van der Waals surface area contributed by atoms with Gasteiger partial charge in [-0.2, -0.15) is 5.10 Å². The van der Waals surface area contributed by atoms with Crippen LogP contribution in [-0.4, -0.2) is 27.0 Å². The maximum absolute atomic E-state index is 12.8. The highest BCUT2D eigenvalue weighted by Crippen LogP contribution is 2.27. The molecule has 4 nitrogen and oxygen atoms in total. The smallest absolute Gasteiger partial charge is 0.274 e. The molecule has 3 aromatic rings. The van der Waals surface area contributed by atoms with Crippen LogP contribution in [0.3, 0.4) is 0 Å². The second-order valence-electron chi connectivity index (χ2n) is 5.60. The molecule has 0 atom stereocenters. The van der Waals surface area contributed by atoms with Crippen molar-refractivity contribution in [2.45, 2.75) is 13.0 Å². The summed E-state index contributed by atoms with van der Waals surface area (Å²) in [5, 5.41) is 4.41. The van der Waals surface area contributed by atoms with Gasteiger partial charge in [0.05, 0.1) is 5.52 Å². The third-order valence-corrected chi connectivity index (χ3v) is 5.35. The molecule has 0 aliphatic carbocycles. The molecule has 0 saturated heterocycles. The Morgan fingerprint density at radius 3 is 2.91 bits per heavy atom. The topological polar surface area (TPSA) is 37.6 Å². The van der Waals surface area contributed by atoms with Gasteiger partial charge in [-0.05, 0) is 57.7 Å². The lowest BCUT2D eigenvalue weighted by Gasteiger charge is -2.28. The van der Waals surface area contributed by atoms with E-state index in [0.717, 1.165) is 20.9 Å². The first-order chi connectivity index (χ1) is 11.1. The first kappa shape index (κ1) is 14.9. The van der Waals surface area contributed by atoms with Gasteiger partial charge in [-0.3, -0.25) is 4.79 Å². The molecule has 0 spiro atoms. The van der Waals surface area contributed by atoms with Gasteiger partial charge in [0.15, 0.2) is 5.69 Å². The number of hydrogen-bond acceptors (Lipinski definition) is 2. The fraction of sp³-hybridized carbons (Fsp3) is 0.176. The lowest BCUT2D eigenvalue weighted by atomic mass is 10.00. The van der Waals surface area contributed by atoms with E-state index in [2.05, 4.69) is 49.1 Å². The Labute approximate surface area is 150 Å². The van der Waals surface area contributed by atoms with Crippen LogP contribution in [0, 0.1) is 0 Å². The minimum Gasteiger partial charge on any atom is -0.333 e. The molecule has 1 aromatic carbocycles. The summed E-state index contributed by atoms with van der Waals surface area (Å²) in [6, 6.07) is 11.9. The molecule has 6 heteroatoms. The number of halogens is 2. The SMILES string of the molecule is O=C(c1cc2ccc(Br)cn2n1)N1CCc2c(Br)cccc2C1. The van der Waals surface area contributed by atoms with Crippen molar-refractivity contribution in [2.75, 3.05) is 6.54 Å². The van der Waals surface area contributed by atoms with Crippen LogP contribution in [0.15, 0.2) is 51.5 Å². The van der Waals surface area contributed by atoms with E-state index in [0.29, 0.717) is 18.8 Å². The lowest BCUT2D eigenvalue weighted by molar-refractivity contribution is 0.0728. The van der Waals surface area contributed by atoms with Crippen LogP contribution in [0.2, 0.25) is 0 Å². The third kappa shape index (κ3) is 2.70.